The molecule has 15 heavy (non-hydrogen) atoms. The number of nitrogens with zero attached hydrogens (tertiary/aromatic N) is 1. The fraction of sp³-hybridized carbons (Fsp3) is 0.300. The molecule has 0 aromatic carbocycles. The van der Waals surface area contributed by atoms with Gasteiger partial charge in [0.15, 0.2) is 0 Å². The number of carbonyl (C=O) groups excluding carboxylic acids is 2. The van der Waals surface area contributed by atoms with Gasteiger partial charge in [-0.3, -0.25) is 14.4 Å². The summed E-state index contributed by atoms with van der Waals surface area (Å²) in [6.07, 6.45) is 1.78. The Kier molecular flexibility index (Phi) is 2.37. The van der Waals surface area contributed by atoms with Gasteiger partial charge in [-0.15, -0.1) is 0 Å². The number of hydrogen-bond donors (Lipinski definition) is 1. The first-order chi connectivity index (χ1) is 7.16. The summed E-state index contributed by atoms with van der Waals surface area (Å²) in [5.41, 5.74) is 0.299. The molecule has 5 nitrogen and oxygen atoms in total. The predicted octanol–water partition coefficient (Wildman–Crippen LogP) is 0.0708. The summed E-state index contributed by atoms with van der Waals surface area (Å²) >= 11 is 0. The first kappa shape index (κ1) is 9.64. The van der Waals surface area contributed by atoms with Gasteiger partial charge in [0.2, 0.25) is 11.5 Å². The highest BCUT2D eigenvalue weighted by atomic mass is 16.2. The topological polar surface area (TPSA) is 70.2 Å². The van der Waals surface area contributed by atoms with E-state index in [1.54, 1.807) is 6.07 Å². The molecule has 1 aromatic heterocycles. The van der Waals surface area contributed by atoms with E-state index in [1.165, 1.54) is 17.2 Å². The number of rotatable bonds is 1. The van der Waals surface area contributed by atoms with Gasteiger partial charge in [-0.25, -0.2) is 0 Å². The van der Waals surface area contributed by atoms with Crippen LogP contribution < -0.4 is 10.5 Å². The first-order valence-electron chi connectivity index (χ1n) is 4.67. The van der Waals surface area contributed by atoms with Crippen molar-refractivity contribution in [1.82, 2.24) is 4.98 Å². The third-order valence-electron chi connectivity index (χ3n) is 2.33. The van der Waals surface area contributed by atoms with E-state index in [0.717, 1.165) is 0 Å². The molecule has 0 bridgehead atoms. The van der Waals surface area contributed by atoms with E-state index in [0.29, 0.717) is 18.7 Å². The lowest BCUT2D eigenvalue weighted by molar-refractivity contribution is -0.128. The second-order valence-electron chi connectivity index (χ2n) is 3.42. The van der Waals surface area contributed by atoms with Gasteiger partial charge in [-0.05, 0) is 6.07 Å². The summed E-state index contributed by atoms with van der Waals surface area (Å²) in [6, 6.07) is 3.00. The molecule has 0 atom stereocenters. The number of ketones is 1. The third kappa shape index (κ3) is 1.96. The monoisotopic (exact) mass is 206 g/mol. The Morgan fingerprint density at radius 3 is 2.73 bits per heavy atom. The van der Waals surface area contributed by atoms with Crippen molar-refractivity contribution >= 4 is 17.4 Å². The van der Waals surface area contributed by atoms with Gasteiger partial charge in [0.1, 0.15) is 5.78 Å². The number of carbonyl (C=O) groups is 2. The van der Waals surface area contributed by atoms with E-state index in [9.17, 15) is 14.4 Å². The summed E-state index contributed by atoms with van der Waals surface area (Å²) in [5, 5.41) is 0. The Bertz CT molecular complexity index is 464. The van der Waals surface area contributed by atoms with Gasteiger partial charge >= 0.3 is 0 Å². The van der Waals surface area contributed by atoms with Crippen LogP contribution in [0.5, 0.6) is 0 Å². The van der Waals surface area contributed by atoms with Crippen LogP contribution >= 0.6 is 0 Å². The Morgan fingerprint density at radius 1 is 1.27 bits per heavy atom. The van der Waals surface area contributed by atoms with Crippen molar-refractivity contribution in [1.29, 1.82) is 0 Å². The zero-order valence-electron chi connectivity index (χ0n) is 8.03. The number of piperidine rings is 1. The lowest BCUT2D eigenvalue weighted by Crippen LogP contribution is -2.39. The molecule has 0 unspecified atom stereocenters. The fourth-order valence-electron chi connectivity index (χ4n) is 1.59. The Hall–Kier alpha value is -1.91. The van der Waals surface area contributed by atoms with Gasteiger partial charge in [0, 0.05) is 25.2 Å². The van der Waals surface area contributed by atoms with Gasteiger partial charge in [0.25, 0.3) is 0 Å². The van der Waals surface area contributed by atoms with Gasteiger partial charge in [0.05, 0.1) is 12.1 Å². The number of anilines is 1. The second-order valence-corrected chi connectivity index (χ2v) is 3.42. The minimum atomic E-state index is -0.253. The average molecular weight is 206 g/mol. The van der Waals surface area contributed by atoms with Crippen molar-refractivity contribution in [3.63, 3.8) is 0 Å². The lowest BCUT2D eigenvalue weighted by atomic mass is 10.1. The smallest absolute Gasteiger partial charge is 0.249 e. The van der Waals surface area contributed by atoms with Crippen LogP contribution in [0, 0.1) is 0 Å². The molecule has 1 N–H and O–H groups in total. The normalized spacial score (nSPS) is 16.9. The molecule has 78 valence electrons. The Balaban J connectivity index is 2.28. The lowest BCUT2D eigenvalue weighted by Gasteiger charge is -2.25. The molecule has 1 fully saturated rings. The molecular weight excluding hydrogens is 196 g/mol. The van der Waals surface area contributed by atoms with Crippen molar-refractivity contribution in [2.24, 2.45) is 0 Å². The van der Waals surface area contributed by atoms with Crippen molar-refractivity contribution in [2.45, 2.75) is 12.8 Å². The molecule has 0 saturated carbocycles. The molecule has 0 spiro atoms. The minimum Gasteiger partial charge on any atom is -0.329 e. The van der Waals surface area contributed by atoms with E-state index in [4.69, 9.17) is 0 Å². The largest absolute Gasteiger partial charge is 0.329 e. The van der Waals surface area contributed by atoms with Crippen LogP contribution in [0.4, 0.5) is 5.69 Å². The van der Waals surface area contributed by atoms with E-state index in [-0.39, 0.29) is 23.7 Å². The molecule has 2 heterocycles. The number of aromatic amines is 1. The van der Waals surface area contributed by atoms with E-state index in [2.05, 4.69) is 4.98 Å². The van der Waals surface area contributed by atoms with E-state index >= 15 is 0 Å². The van der Waals surface area contributed by atoms with Crippen LogP contribution in [0.2, 0.25) is 0 Å². The van der Waals surface area contributed by atoms with Crippen LogP contribution in [0.25, 0.3) is 0 Å². The zero-order valence-corrected chi connectivity index (χ0v) is 8.03. The highest BCUT2D eigenvalue weighted by molar-refractivity contribution is 6.08. The molecule has 1 aliphatic heterocycles. The maximum Gasteiger partial charge on any atom is 0.249 e. The van der Waals surface area contributed by atoms with Crippen molar-refractivity contribution in [3.05, 3.63) is 28.7 Å². The fourth-order valence-corrected chi connectivity index (χ4v) is 1.59. The van der Waals surface area contributed by atoms with Crippen LogP contribution in [-0.2, 0) is 9.59 Å². The maximum absolute atomic E-state index is 11.5. The van der Waals surface area contributed by atoms with Crippen LogP contribution in [-0.4, -0.2) is 23.2 Å². The van der Waals surface area contributed by atoms with Gasteiger partial charge in [-0.2, -0.15) is 0 Å². The standard InChI is InChI=1S/C10H10N2O3/c13-8-2-4-12(10(15)6-8)7-1-3-11-9(14)5-7/h1,3,5H,2,4,6H2,(H,11,14). The SMILES string of the molecule is O=C1CCN(c2cc[nH]c(=O)c2)C(=O)C1. The van der Waals surface area contributed by atoms with Gasteiger partial charge in [-0.1, -0.05) is 0 Å². The van der Waals surface area contributed by atoms with Crippen molar-refractivity contribution in [2.75, 3.05) is 11.4 Å². The number of pyridine rings is 1. The summed E-state index contributed by atoms with van der Waals surface area (Å²) in [5.74, 6) is -0.280. The summed E-state index contributed by atoms with van der Waals surface area (Å²) in [6.45, 7) is 0.362. The van der Waals surface area contributed by atoms with Crippen molar-refractivity contribution in [3.8, 4) is 0 Å². The summed E-state index contributed by atoms with van der Waals surface area (Å²) in [4.78, 5) is 37.5. The molecular formula is C10H10N2O3. The number of Topliss-reactive ketones (excluding diaryl/α,β-unsaturated/α-hetero) is 1. The van der Waals surface area contributed by atoms with E-state index in [1.807, 2.05) is 0 Å². The number of amides is 1. The summed E-state index contributed by atoms with van der Waals surface area (Å²) in [7, 11) is 0. The molecule has 5 heteroatoms. The summed E-state index contributed by atoms with van der Waals surface area (Å²) < 4.78 is 0. The number of aromatic nitrogens is 1. The molecule has 1 amide bonds. The van der Waals surface area contributed by atoms with Gasteiger partial charge < -0.3 is 9.88 Å². The molecule has 0 radical (unpaired) electrons. The predicted molar refractivity (Wildman–Crippen MR) is 53.7 cm³/mol. The van der Waals surface area contributed by atoms with Crippen LogP contribution in [0.15, 0.2) is 23.1 Å². The molecule has 1 saturated heterocycles. The number of nitrogens with one attached hydrogen (secondary N) is 1. The molecule has 2 rings (SSSR count). The molecule has 1 aliphatic rings. The van der Waals surface area contributed by atoms with Crippen LogP contribution in [0.3, 0.4) is 0 Å². The Labute approximate surface area is 85.7 Å². The average Bonchev–Trinajstić information content (AvgIpc) is 2.17. The number of hydrogen-bond acceptors (Lipinski definition) is 3. The van der Waals surface area contributed by atoms with Crippen LogP contribution in [0.1, 0.15) is 12.8 Å². The van der Waals surface area contributed by atoms with E-state index < -0.39 is 0 Å². The van der Waals surface area contributed by atoms with Crippen molar-refractivity contribution < 1.29 is 9.59 Å². The third-order valence-corrected chi connectivity index (χ3v) is 2.33. The second kappa shape index (κ2) is 3.68. The Morgan fingerprint density at radius 2 is 2.07 bits per heavy atom. The zero-order chi connectivity index (χ0) is 10.8. The number of H-pyrrole nitrogens is 1. The minimum absolute atomic E-state index is 0.0407. The highest BCUT2D eigenvalue weighted by Gasteiger charge is 2.24. The molecule has 1 aromatic rings. The quantitative estimate of drug-likeness (QED) is 0.661. The maximum atomic E-state index is 11.5. The molecule has 0 aliphatic carbocycles. The first-order valence-corrected chi connectivity index (χ1v) is 4.67. The highest BCUT2D eigenvalue weighted by Crippen LogP contribution is 2.16.